The summed E-state index contributed by atoms with van der Waals surface area (Å²) < 4.78 is 1.18. The van der Waals surface area contributed by atoms with Gasteiger partial charge in [-0.2, -0.15) is 0 Å². The summed E-state index contributed by atoms with van der Waals surface area (Å²) in [5.41, 5.74) is 1.41. The average Bonchev–Trinajstić information content (AvgIpc) is 2.76. The summed E-state index contributed by atoms with van der Waals surface area (Å²) in [6.07, 6.45) is 2.67. The van der Waals surface area contributed by atoms with Crippen molar-refractivity contribution in [2.45, 2.75) is 39.3 Å². The lowest BCUT2D eigenvalue weighted by molar-refractivity contribution is 0.237. The van der Waals surface area contributed by atoms with Gasteiger partial charge in [-0.25, -0.2) is 0 Å². The number of benzene rings is 1. The summed E-state index contributed by atoms with van der Waals surface area (Å²) in [5, 5.41) is 3.60. The Bertz CT molecular complexity index is 392. The Morgan fingerprint density at radius 1 is 1.42 bits per heavy atom. The van der Waals surface area contributed by atoms with E-state index >= 15 is 0 Å². The smallest absolute Gasteiger partial charge is 0.0237 e. The van der Waals surface area contributed by atoms with Crippen LogP contribution in [0.4, 0.5) is 0 Å². The van der Waals surface area contributed by atoms with Crippen LogP contribution in [-0.4, -0.2) is 30.6 Å². The molecule has 1 saturated heterocycles. The fourth-order valence-corrected chi connectivity index (χ4v) is 3.19. The van der Waals surface area contributed by atoms with E-state index in [4.69, 9.17) is 0 Å². The summed E-state index contributed by atoms with van der Waals surface area (Å²) >= 11 is 3.55. The summed E-state index contributed by atoms with van der Waals surface area (Å²) in [6, 6.07) is 9.38. The van der Waals surface area contributed by atoms with Crippen LogP contribution in [0.15, 0.2) is 28.7 Å². The molecule has 1 aromatic carbocycles. The number of hydrogen-bond acceptors (Lipinski definition) is 2. The van der Waals surface area contributed by atoms with Crippen LogP contribution in [0.25, 0.3) is 0 Å². The second-order valence-electron chi connectivity index (χ2n) is 5.95. The van der Waals surface area contributed by atoms with Gasteiger partial charge in [0.15, 0.2) is 0 Å². The fraction of sp³-hybridized carbons (Fsp3) is 0.625. The summed E-state index contributed by atoms with van der Waals surface area (Å²) in [5.74, 6) is 0.736. The Hall–Kier alpha value is -0.380. The molecule has 1 fully saturated rings. The number of halogens is 1. The van der Waals surface area contributed by atoms with Gasteiger partial charge in [0.2, 0.25) is 0 Å². The van der Waals surface area contributed by atoms with Crippen LogP contribution < -0.4 is 5.32 Å². The largest absolute Gasteiger partial charge is 0.315 e. The van der Waals surface area contributed by atoms with Crippen LogP contribution in [0.3, 0.4) is 0 Å². The minimum atomic E-state index is 0.706. The molecule has 1 N–H and O–H groups in total. The Kier molecular flexibility index (Phi) is 5.86. The van der Waals surface area contributed by atoms with Crippen molar-refractivity contribution in [2.75, 3.05) is 19.6 Å². The SMILES string of the molecule is CC(C)CNCC1CCCN1Cc1cccc(Br)c1. The highest BCUT2D eigenvalue weighted by molar-refractivity contribution is 9.10. The molecule has 19 heavy (non-hydrogen) atoms. The fourth-order valence-electron chi connectivity index (χ4n) is 2.74. The first-order valence-corrected chi connectivity index (χ1v) is 8.13. The Morgan fingerprint density at radius 3 is 3.00 bits per heavy atom. The van der Waals surface area contributed by atoms with E-state index in [9.17, 15) is 0 Å². The molecule has 3 heteroatoms. The zero-order chi connectivity index (χ0) is 13.7. The number of likely N-dealkylation sites (tertiary alicyclic amines) is 1. The van der Waals surface area contributed by atoms with Gasteiger partial charge < -0.3 is 5.32 Å². The number of rotatable bonds is 6. The van der Waals surface area contributed by atoms with Crippen molar-refractivity contribution in [3.05, 3.63) is 34.3 Å². The van der Waals surface area contributed by atoms with Gasteiger partial charge >= 0.3 is 0 Å². The summed E-state index contributed by atoms with van der Waals surface area (Å²) in [4.78, 5) is 2.62. The number of hydrogen-bond donors (Lipinski definition) is 1. The first-order chi connectivity index (χ1) is 9.15. The van der Waals surface area contributed by atoms with E-state index in [2.05, 4.69) is 64.3 Å². The van der Waals surface area contributed by atoms with Crippen molar-refractivity contribution in [3.63, 3.8) is 0 Å². The summed E-state index contributed by atoms with van der Waals surface area (Å²) in [7, 11) is 0. The molecule has 0 spiro atoms. The molecule has 1 heterocycles. The molecular formula is C16H25BrN2. The monoisotopic (exact) mass is 324 g/mol. The minimum absolute atomic E-state index is 0.706. The lowest BCUT2D eigenvalue weighted by atomic mass is 10.1. The van der Waals surface area contributed by atoms with Gasteiger partial charge in [-0.05, 0) is 49.5 Å². The van der Waals surface area contributed by atoms with Crippen LogP contribution in [0.2, 0.25) is 0 Å². The van der Waals surface area contributed by atoms with E-state index in [0.717, 1.165) is 25.6 Å². The van der Waals surface area contributed by atoms with E-state index in [1.54, 1.807) is 0 Å². The molecule has 0 aromatic heterocycles. The van der Waals surface area contributed by atoms with E-state index in [-0.39, 0.29) is 0 Å². The normalized spacial score (nSPS) is 20.3. The van der Waals surface area contributed by atoms with Crippen LogP contribution in [0.1, 0.15) is 32.3 Å². The van der Waals surface area contributed by atoms with Crippen molar-refractivity contribution in [1.82, 2.24) is 10.2 Å². The molecule has 0 aliphatic carbocycles. The standard InChI is InChI=1S/C16H25BrN2/c1-13(2)10-18-11-16-7-4-8-19(16)12-14-5-3-6-15(17)9-14/h3,5-6,9,13,16,18H,4,7-8,10-12H2,1-2H3. The maximum absolute atomic E-state index is 3.60. The quantitative estimate of drug-likeness (QED) is 0.859. The second-order valence-corrected chi connectivity index (χ2v) is 6.86. The maximum atomic E-state index is 3.60. The van der Waals surface area contributed by atoms with Gasteiger partial charge in [0.1, 0.15) is 0 Å². The van der Waals surface area contributed by atoms with Gasteiger partial charge in [-0.15, -0.1) is 0 Å². The van der Waals surface area contributed by atoms with Gasteiger partial charge in [-0.3, -0.25) is 4.90 Å². The van der Waals surface area contributed by atoms with E-state index in [0.29, 0.717) is 6.04 Å². The Morgan fingerprint density at radius 2 is 2.26 bits per heavy atom. The Labute approximate surface area is 125 Å². The van der Waals surface area contributed by atoms with Gasteiger partial charge in [-0.1, -0.05) is 41.9 Å². The molecule has 0 amide bonds. The zero-order valence-corrected chi connectivity index (χ0v) is 13.6. The molecule has 0 radical (unpaired) electrons. The third-order valence-electron chi connectivity index (χ3n) is 3.71. The van der Waals surface area contributed by atoms with Gasteiger partial charge in [0, 0.05) is 23.6 Å². The highest BCUT2D eigenvalue weighted by Gasteiger charge is 2.23. The highest BCUT2D eigenvalue weighted by Crippen LogP contribution is 2.21. The molecule has 2 nitrogen and oxygen atoms in total. The maximum Gasteiger partial charge on any atom is 0.0237 e. The topological polar surface area (TPSA) is 15.3 Å². The van der Waals surface area contributed by atoms with Crippen molar-refractivity contribution in [1.29, 1.82) is 0 Å². The van der Waals surface area contributed by atoms with E-state index < -0.39 is 0 Å². The molecule has 106 valence electrons. The van der Waals surface area contributed by atoms with Crippen LogP contribution >= 0.6 is 15.9 Å². The van der Waals surface area contributed by atoms with Gasteiger partial charge in [0.25, 0.3) is 0 Å². The zero-order valence-electron chi connectivity index (χ0n) is 12.0. The molecular weight excluding hydrogens is 300 g/mol. The molecule has 0 bridgehead atoms. The van der Waals surface area contributed by atoms with E-state index in [1.807, 2.05) is 0 Å². The predicted molar refractivity (Wildman–Crippen MR) is 85.3 cm³/mol. The minimum Gasteiger partial charge on any atom is -0.315 e. The Balaban J connectivity index is 1.84. The molecule has 1 unspecified atom stereocenters. The molecule has 1 aromatic rings. The summed E-state index contributed by atoms with van der Waals surface area (Å²) in [6.45, 7) is 9.10. The second kappa shape index (κ2) is 7.41. The lowest BCUT2D eigenvalue weighted by Crippen LogP contribution is -2.38. The van der Waals surface area contributed by atoms with Crippen LogP contribution in [0, 0.1) is 5.92 Å². The third kappa shape index (κ3) is 4.90. The molecule has 1 aliphatic heterocycles. The van der Waals surface area contributed by atoms with Crippen molar-refractivity contribution in [2.24, 2.45) is 5.92 Å². The molecule has 2 rings (SSSR count). The molecule has 0 saturated carbocycles. The number of nitrogens with zero attached hydrogens (tertiary/aromatic N) is 1. The highest BCUT2D eigenvalue weighted by atomic mass is 79.9. The number of nitrogens with one attached hydrogen (secondary N) is 1. The van der Waals surface area contributed by atoms with Crippen LogP contribution in [-0.2, 0) is 6.54 Å². The van der Waals surface area contributed by atoms with Crippen molar-refractivity contribution in [3.8, 4) is 0 Å². The van der Waals surface area contributed by atoms with E-state index in [1.165, 1.54) is 29.4 Å². The van der Waals surface area contributed by atoms with Crippen molar-refractivity contribution >= 4 is 15.9 Å². The van der Waals surface area contributed by atoms with Crippen LogP contribution in [0.5, 0.6) is 0 Å². The first-order valence-electron chi connectivity index (χ1n) is 7.34. The first kappa shape index (κ1) is 15.0. The van der Waals surface area contributed by atoms with Crippen molar-refractivity contribution < 1.29 is 0 Å². The molecule has 1 aliphatic rings. The lowest BCUT2D eigenvalue weighted by Gasteiger charge is -2.25. The predicted octanol–water partition coefficient (Wildman–Crippen LogP) is 3.66. The van der Waals surface area contributed by atoms with Gasteiger partial charge in [0.05, 0.1) is 0 Å². The average molecular weight is 325 g/mol. The third-order valence-corrected chi connectivity index (χ3v) is 4.20. The molecule has 1 atom stereocenters.